The Morgan fingerprint density at radius 1 is 1.17 bits per heavy atom. The maximum atomic E-state index is 12.8. The lowest BCUT2D eigenvalue weighted by Gasteiger charge is -2.13. The zero-order chi connectivity index (χ0) is 16.5. The fourth-order valence-corrected chi connectivity index (χ4v) is 3.41. The van der Waals surface area contributed by atoms with Gasteiger partial charge < -0.3 is 4.57 Å². The van der Waals surface area contributed by atoms with E-state index in [4.69, 9.17) is 0 Å². The topological polar surface area (TPSA) is 63.6 Å². The first-order valence-electron chi connectivity index (χ1n) is 8.16. The van der Waals surface area contributed by atoms with Gasteiger partial charge in [0.25, 0.3) is 0 Å². The van der Waals surface area contributed by atoms with E-state index in [0.29, 0.717) is 17.0 Å². The van der Waals surface area contributed by atoms with Crippen LogP contribution in [0.25, 0.3) is 17.6 Å². The smallest absolute Gasteiger partial charge is 0.215 e. The van der Waals surface area contributed by atoms with E-state index >= 15 is 0 Å². The lowest BCUT2D eigenvalue weighted by Crippen LogP contribution is -2.06. The van der Waals surface area contributed by atoms with Gasteiger partial charge in [0.15, 0.2) is 5.69 Å². The molecular formula is C19H18N4O. The summed E-state index contributed by atoms with van der Waals surface area (Å²) in [5.41, 5.74) is 5.00. The van der Waals surface area contributed by atoms with Crippen LogP contribution in [0, 0.1) is 0 Å². The summed E-state index contributed by atoms with van der Waals surface area (Å²) < 4.78 is 2.05. The standard InChI is InChI=1S/C19H18N4O/c1-2-23-15-11-7-6-10-14(15)12-16(23)17-18(21-22-20-17)19(24)13-8-4-3-5-9-13/h2-5,8-9,12H,1,6-7,10-11H2,(H,20,21,22). The van der Waals surface area contributed by atoms with Crippen molar-refractivity contribution >= 4 is 12.0 Å². The van der Waals surface area contributed by atoms with Gasteiger partial charge in [-0.25, -0.2) is 0 Å². The van der Waals surface area contributed by atoms with Gasteiger partial charge in [-0.1, -0.05) is 36.9 Å². The second-order valence-electron chi connectivity index (χ2n) is 5.98. The number of aromatic amines is 1. The molecule has 1 aromatic carbocycles. The highest BCUT2D eigenvalue weighted by atomic mass is 16.1. The minimum Gasteiger partial charge on any atom is -0.319 e. The van der Waals surface area contributed by atoms with Gasteiger partial charge in [0, 0.05) is 17.5 Å². The van der Waals surface area contributed by atoms with E-state index in [1.165, 1.54) is 24.1 Å². The lowest BCUT2D eigenvalue weighted by molar-refractivity contribution is 0.103. The maximum absolute atomic E-state index is 12.8. The number of carbonyl (C=O) groups excluding carboxylic acids is 1. The van der Waals surface area contributed by atoms with Gasteiger partial charge in [-0.15, -0.1) is 0 Å². The molecule has 2 heterocycles. The van der Waals surface area contributed by atoms with E-state index < -0.39 is 0 Å². The van der Waals surface area contributed by atoms with Crippen LogP contribution in [-0.4, -0.2) is 25.8 Å². The highest BCUT2D eigenvalue weighted by Gasteiger charge is 2.24. The van der Waals surface area contributed by atoms with Crippen LogP contribution in [0.1, 0.15) is 40.2 Å². The van der Waals surface area contributed by atoms with E-state index in [9.17, 15) is 4.79 Å². The van der Waals surface area contributed by atoms with Crippen LogP contribution in [0.3, 0.4) is 0 Å². The van der Waals surface area contributed by atoms with Gasteiger partial charge in [0.2, 0.25) is 5.78 Å². The summed E-state index contributed by atoms with van der Waals surface area (Å²) in [6, 6.07) is 11.3. The molecule has 2 aromatic heterocycles. The Hall–Kier alpha value is -2.95. The zero-order valence-electron chi connectivity index (χ0n) is 13.3. The molecule has 0 unspecified atom stereocenters. The van der Waals surface area contributed by atoms with Gasteiger partial charge >= 0.3 is 0 Å². The van der Waals surface area contributed by atoms with Gasteiger partial charge in [-0.05, 0) is 37.3 Å². The fourth-order valence-electron chi connectivity index (χ4n) is 3.41. The van der Waals surface area contributed by atoms with Crippen molar-refractivity contribution in [3.8, 4) is 11.4 Å². The monoisotopic (exact) mass is 318 g/mol. The molecule has 1 aliphatic carbocycles. The van der Waals surface area contributed by atoms with Crippen molar-refractivity contribution in [2.24, 2.45) is 0 Å². The number of aryl methyl sites for hydroxylation is 1. The summed E-state index contributed by atoms with van der Waals surface area (Å²) >= 11 is 0. The molecular weight excluding hydrogens is 300 g/mol. The van der Waals surface area contributed by atoms with Crippen LogP contribution in [-0.2, 0) is 12.8 Å². The van der Waals surface area contributed by atoms with Crippen molar-refractivity contribution in [3.63, 3.8) is 0 Å². The normalized spacial score (nSPS) is 13.5. The molecule has 0 atom stereocenters. The molecule has 0 aliphatic heterocycles. The zero-order valence-corrected chi connectivity index (χ0v) is 13.3. The summed E-state index contributed by atoms with van der Waals surface area (Å²) in [6.07, 6.45) is 6.26. The molecule has 5 nitrogen and oxygen atoms in total. The van der Waals surface area contributed by atoms with Crippen LogP contribution in [0.5, 0.6) is 0 Å². The minimum atomic E-state index is -0.130. The van der Waals surface area contributed by atoms with Crippen LogP contribution in [0.15, 0.2) is 43.0 Å². The summed E-state index contributed by atoms with van der Waals surface area (Å²) in [5, 5.41) is 11.0. The quantitative estimate of drug-likeness (QED) is 0.749. The highest BCUT2D eigenvalue weighted by molar-refractivity contribution is 6.10. The summed E-state index contributed by atoms with van der Waals surface area (Å²) in [7, 11) is 0. The Morgan fingerprint density at radius 2 is 1.96 bits per heavy atom. The van der Waals surface area contributed by atoms with Crippen molar-refractivity contribution in [1.29, 1.82) is 0 Å². The number of ketones is 1. The SMILES string of the molecule is C=Cn1c(-c2n[nH]nc2C(=O)c2ccccc2)cc2c1CCCC2. The summed E-state index contributed by atoms with van der Waals surface area (Å²) in [4.78, 5) is 12.8. The average Bonchev–Trinajstić information content (AvgIpc) is 3.25. The Bertz CT molecular complexity index is 905. The van der Waals surface area contributed by atoms with E-state index in [1.807, 2.05) is 22.8 Å². The fraction of sp³-hybridized carbons (Fsp3) is 0.211. The third-order valence-corrected chi connectivity index (χ3v) is 4.57. The molecule has 0 radical (unpaired) electrons. The molecule has 0 bridgehead atoms. The maximum Gasteiger partial charge on any atom is 0.215 e. The molecule has 0 saturated carbocycles. The van der Waals surface area contributed by atoms with E-state index in [2.05, 4.69) is 28.1 Å². The summed E-state index contributed by atoms with van der Waals surface area (Å²) in [6.45, 7) is 3.93. The molecule has 0 amide bonds. The van der Waals surface area contributed by atoms with Crippen molar-refractivity contribution < 1.29 is 4.79 Å². The van der Waals surface area contributed by atoms with Gasteiger partial charge in [0.1, 0.15) is 5.69 Å². The first kappa shape index (κ1) is 14.6. The number of nitrogens with zero attached hydrogens (tertiary/aromatic N) is 3. The molecule has 0 spiro atoms. The Labute approximate surface area is 140 Å². The van der Waals surface area contributed by atoms with Crippen molar-refractivity contribution in [2.45, 2.75) is 25.7 Å². The van der Waals surface area contributed by atoms with Gasteiger partial charge in [0.05, 0.1) is 5.69 Å². The number of rotatable bonds is 4. The predicted octanol–water partition coefficient (Wildman–Crippen LogP) is 3.48. The van der Waals surface area contributed by atoms with Crippen LogP contribution in [0.4, 0.5) is 0 Å². The number of nitrogens with one attached hydrogen (secondary N) is 1. The van der Waals surface area contributed by atoms with Crippen molar-refractivity contribution in [2.75, 3.05) is 0 Å². The molecule has 5 heteroatoms. The molecule has 0 fully saturated rings. The minimum absolute atomic E-state index is 0.130. The third kappa shape index (κ3) is 2.29. The number of benzene rings is 1. The number of aromatic nitrogens is 4. The third-order valence-electron chi connectivity index (χ3n) is 4.57. The highest BCUT2D eigenvalue weighted by Crippen LogP contribution is 2.32. The summed E-state index contributed by atoms with van der Waals surface area (Å²) in [5.74, 6) is -0.130. The van der Waals surface area contributed by atoms with Crippen molar-refractivity contribution in [3.05, 3.63) is 65.5 Å². The van der Waals surface area contributed by atoms with Crippen LogP contribution >= 0.6 is 0 Å². The molecule has 1 aliphatic rings. The number of hydrogen-bond acceptors (Lipinski definition) is 3. The molecule has 24 heavy (non-hydrogen) atoms. The first-order valence-corrected chi connectivity index (χ1v) is 8.16. The number of carbonyl (C=O) groups is 1. The molecule has 0 saturated heterocycles. The Kier molecular flexibility index (Phi) is 3.61. The largest absolute Gasteiger partial charge is 0.319 e. The predicted molar refractivity (Wildman–Crippen MR) is 92.7 cm³/mol. The second kappa shape index (κ2) is 5.92. The molecule has 120 valence electrons. The van der Waals surface area contributed by atoms with Gasteiger partial charge in [-0.2, -0.15) is 15.4 Å². The Balaban J connectivity index is 1.82. The average molecular weight is 318 g/mol. The lowest BCUT2D eigenvalue weighted by atomic mass is 9.98. The number of H-pyrrole nitrogens is 1. The Morgan fingerprint density at radius 3 is 2.75 bits per heavy atom. The van der Waals surface area contributed by atoms with E-state index in [0.717, 1.165) is 18.5 Å². The van der Waals surface area contributed by atoms with Crippen LogP contribution in [0.2, 0.25) is 0 Å². The van der Waals surface area contributed by atoms with E-state index in [1.54, 1.807) is 18.3 Å². The molecule has 3 aromatic rings. The molecule has 4 rings (SSSR count). The van der Waals surface area contributed by atoms with Gasteiger partial charge in [-0.3, -0.25) is 4.79 Å². The number of fused-ring (bicyclic) bond motifs is 1. The van der Waals surface area contributed by atoms with Crippen LogP contribution < -0.4 is 0 Å². The molecule has 1 N–H and O–H groups in total. The first-order chi connectivity index (χ1) is 11.8. The van der Waals surface area contributed by atoms with Crippen molar-refractivity contribution in [1.82, 2.24) is 20.0 Å². The second-order valence-corrected chi connectivity index (χ2v) is 5.98. The number of hydrogen-bond donors (Lipinski definition) is 1. The van der Waals surface area contributed by atoms with E-state index in [-0.39, 0.29) is 5.78 Å².